The first-order valence-electron chi connectivity index (χ1n) is 8.49. The number of hydrogen-bond donors (Lipinski definition) is 2. The molecule has 1 saturated heterocycles. The maximum Gasteiger partial charge on any atom is 0.118 e. The molecule has 0 bridgehead atoms. The standard InChI is InChI=1S/C21H15NO3/c23-18-13-7-5-11-9-14-12-4-2-1-3-10(12)6-8-15(14)22-17(11)16(13)20-21(25-20)19(18)24/h1-9,18-21,23-24H/t18-,19+,20-,21+/m0/s1. The molecule has 0 saturated carbocycles. The van der Waals surface area contributed by atoms with Gasteiger partial charge in [0.05, 0.1) is 11.0 Å². The van der Waals surface area contributed by atoms with Gasteiger partial charge in [-0.25, -0.2) is 4.98 Å². The predicted molar refractivity (Wildman–Crippen MR) is 95.3 cm³/mol. The maximum atomic E-state index is 10.4. The number of hydrogen-bond acceptors (Lipinski definition) is 4. The van der Waals surface area contributed by atoms with Crippen LogP contribution in [-0.2, 0) is 4.74 Å². The van der Waals surface area contributed by atoms with Crippen LogP contribution in [0.15, 0.2) is 54.6 Å². The monoisotopic (exact) mass is 329 g/mol. The summed E-state index contributed by atoms with van der Waals surface area (Å²) < 4.78 is 5.63. The number of fused-ring (bicyclic) bond motifs is 8. The minimum atomic E-state index is -0.919. The Balaban J connectivity index is 1.72. The van der Waals surface area contributed by atoms with E-state index in [0.29, 0.717) is 0 Å². The normalized spacial score (nSPS) is 27.4. The van der Waals surface area contributed by atoms with E-state index in [9.17, 15) is 10.2 Å². The van der Waals surface area contributed by atoms with E-state index in [0.717, 1.165) is 32.9 Å². The Morgan fingerprint density at radius 1 is 0.880 bits per heavy atom. The molecule has 0 unspecified atom stereocenters. The zero-order valence-electron chi connectivity index (χ0n) is 13.3. The van der Waals surface area contributed by atoms with Crippen LogP contribution in [0.5, 0.6) is 0 Å². The van der Waals surface area contributed by atoms with Crippen LogP contribution >= 0.6 is 0 Å². The highest BCUT2D eigenvalue weighted by atomic mass is 16.6. The molecule has 4 heteroatoms. The fourth-order valence-electron chi connectivity index (χ4n) is 4.23. The number of aliphatic hydroxyl groups is 2. The molecule has 3 aromatic carbocycles. The molecule has 1 aromatic heterocycles. The molecule has 6 rings (SSSR count). The van der Waals surface area contributed by atoms with Crippen molar-refractivity contribution < 1.29 is 14.9 Å². The van der Waals surface area contributed by atoms with Gasteiger partial charge >= 0.3 is 0 Å². The summed E-state index contributed by atoms with van der Waals surface area (Å²) in [5.41, 5.74) is 3.44. The minimum absolute atomic E-state index is 0.164. The van der Waals surface area contributed by atoms with E-state index in [1.807, 2.05) is 30.3 Å². The van der Waals surface area contributed by atoms with Gasteiger partial charge in [0, 0.05) is 16.3 Å². The average molecular weight is 329 g/mol. The minimum Gasteiger partial charge on any atom is -0.387 e. The first kappa shape index (κ1) is 13.7. The molecular formula is C21H15NO3. The zero-order valence-corrected chi connectivity index (χ0v) is 13.3. The number of pyridine rings is 1. The highest BCUT2D eigenvalue weighted by Gasteiger charge is 2.54. The second-order valence-corrected chi connectivity index (χ2v) is 6.94. The summed E-state index contributed by atoms with van der Waals surface area (Å²) >= 11 is 0. The molecule has 0 spiro atoms. The Morgan fingerprint density at radius 3 is 2.64 bits per heavy atom. The van der Waals surface area contributed by atoms with Gasteiger partial charge in [-0.2, -0.15) is 0 Å². The molecule has 122 valence electrons. The second kappa shape index (κ2) is 4.55. The van der Waals surface area contributed by atoms with Gasteiger partial charge in [0.1, 0.15) is 24.4 Å². The van der Waals surface area contributed by atoms with Crippen molar-refractivity contribution in [3.05, 3.63) is 65.7 Å². The zero-order chi connectivity index (χ0) is 16.7. The second-order valence-electron chi connectivity index (χ2n) is 6.94. The van der Waals surface area contributed by atoms with Gasteiger partial charge in [0.15, 0.2) is 0 Å². The van der Waals surface area contributed by atoms with Crippen molar-refractivity contribution in [2.75, 3.05) is 0 Å². The molecule has 1 aliphatic carbocycles. The third-order valence-corrected chi connectivity index (χ3v) is 5.55. The van der Waals surface area contributed by atoms with E-state index < -0.39 is 12.2 Å². The lowest BCUT2D eigenvalue weighted by Crippen LogP contribution is -2.29. The van der Waals surface area contributed by atoms with Crippen LogP contribution in [0.2, 0.25) is 0 Å². The summed E-state index contributed by atoms with van der Waals surface area (Å²) in [5, 5.41) is 25.0. The lowest BCUT2D eigenvalue weighted by atomic mass is 9.85. The van der Waals surface area contributed by atoms with Crippen LogP contribution in [0.1, 0.15) is 23.3 Å². The highest BCUT2D eigenvalue weighted by Crippen LogP contribution is 2.52. The average Bonchev–Trinajstić information content (AvgIpc) is 3.44. The van der Waals surface area contributed by atoms with Gasteiger partial charge in [0.2, 0.25) is 0 Å². The van der Waals surface area contributed by atoms with Crippen molar-refractivity contribution in [3.63, 3.8) is 0 Å². The Labute approximate surface area is 143 Å². The molecule has 25 heavy (non-hydrogen) atoms. The largest absolute Gasteiger partial charge is 0.387 e. The Hall–Kier alpha value is -2.53. The third kappa shape index (κ3) is 1.74. The lowest BCUT2D eigenvalue weighted by molar-refractivity contribution is 0.0000942. The third-order valence-electron chi connectivity index (χ3n) is 5.55. The van der Waals surface area contributed by atoms with E-state index in [4.69, 9.17) is 9.72 Å². The number of aromatic nitrogens is 1. The highest BCUT2D eigenvalue weighted by molar-refractivity contribution is 6.09. The lowest BCUT2D eigenvalue weighted by Gasteiger charge is -2.24. The summed E-state index contributed by atoms with van der Waals surface area (Å²) in [5.74, 6) is 0. The summed E-state index contributed by atoms with van der Waals surface area (Å²) in [6.07, 6.45) is -2.26. The molecule has 2 N–H and O–H groups in total. The van der Waals surface area contributed by atoms with Crippen LogP contribution in [0.25, 0.3) is 32.6 Å². The van der Waals surface area contributed by atoms with Crippen LogP contribution in [-0.4, -0.2) is 27.4 Å². The van der Waals surface area contributed by atoms with Crippen molar-refractivity contribution in [1.29, 1.82) is 0 Å². The number of epoxide rings is 1. The molecular weight excluding hydrogens is 314 g/mol. The fourth-order valence-corrected chi connectivity index (χ4v) is 4.23. The van der Waals surface area contributed by atoms with E-state index in [2.05, 4.69) is 24.3 Å². The fraction of sp³-hybridized carbons (Fsp3) is 0.190. The van der Waals surface area contributed by atoms with E-state index in [1.54, 1.807) is 0 Å². The molecule has 1 aliphatic heterocycles. The van der Waals surface area contributed by atoms with Crippen LogP contribution < -0.4 is 0 Å². The van der Waals surface area contributed by atoms with Crippen LogP contribution in [0.4, 0.5) is 0 Å². The van der Waals surface area contributed by atoms with E-state index >= 15 is 0 Å². The first-order chi connectivity index (χ1) is 12.2. The SMILES string of the molecule is O[C@H]1[C@H]2O[C@H]2c2c(ccc3cc4c(ccc5ccccc54)nc23)[C@@H]1O. The topological polar surface area (TPSA) is 65.9 Å². The Bertz CT molecular complexity index is 1190. The van der Waals surface area contributed by atoms with E-state index in [-0.39, 0.29) is 12.2 Å². The van der Waals surface area contributed by atoms with Crippen molar-refractivity contribution >= 4 is 32.6 Å². The van der Waals surface area contributed by atoms with Gasteiger partial charge in [-0.15, -0.1) is 0 Å². The van der Waals surface area contributed by atoms with Gasteiger partial charge in [-0.1, -0.05) is 42.5 Å². The number of aliphatic hydroxyl groups excluding tert-OH is 2. The quantitative estimate of drug-likeness (QED) is 0.295. The van der Waals surface area contributed by atoms with Crippen molar-refractivity contribution in [3.8, 4) is 0 Å². The van der Waals surface area contributed by atoms with Crippen molar-refractivity contribution in [1.82, 2.24) is 4.98 Å². The maximum absolute atomic E-state index is 10.4. The summed E-state index contributed by atoms with van der Waals surface area (Å²) in [7, 11) is 0. The number of ether oxygens (including phenoxy) is 1. The molecule has 2 aliphatic rings. The first-order valence-corrected chi connectivity index (χ1v) is 8.49. The number of benzene rings is 3. The number of rotatable bonds is 0. The van der Waals surface area contributed by atoms with Crippen molar-refractivity contribution in [2.45, 2.75) is 24.4 Å². The van der Waals surface area contributed by atoms with Gasteiger partial charge in [-0.05, 0) is 28.5 Å². The summed E-state index contributed by atoms with van der Waals surface area (Å²) in [4.78, 5) is 4.90. The number of nitrogens with zero attached hydrogens (tertiary/aromatic N) is 1. The smallest absolute Gasteiger partial charge is 0.118 e. The predicted octanol–water partition coefficient (Wildman–Crippen LogP) is 3.39. The van der Waals surface area contributed by atoms with Crippen LogP contribution in [0, 0.1) is 0 Å². The van der Waals surface area contributed by atoms with Gasteiger partial charge in [0.25, 0.3) is 0 Å². The molecule has 4 aromatic rings. The molecule has 4 nitrogen and oxygen atoms in total. The molecule has 0 radical (unpaired) electrons. The Kier molecular flexibility index (Phi) is 2.50. The van der Waals surface area contributed by atoms with Gasteiger partial charge in [-0.3, -0.25) is 0 Å². The summed E-state index contributed by atoms with van der Waals surface area (Å²) in [6.45, 7) is 0. The van der Waals surface area contributed by atoms with E-state index in [1.165, 1.54) is 10.8 Å². The molecule has 0 amide bonds. The molecule has 2 heterocycles. The molecule has 4 atom stereocenters. The Morgan fingerprint density at radius 2 is 1.72 bits per heavy atom. The van der Waals surface area contributed by atoms with Gasteiger partial charge < -0.3 is 14.9 Å². The van der Waals surface area contributed by atoms with Crippen LogP contribution in [0.3, 0.4) is 0 Å². The summed E-state index contributed by atoms with van der Waals surface area (Å²) in [6, 6.07) is 18.4. The van der Waals surface area contributed by atoms with Crippen molar-refractivity contribution in [2.24, 2.45) is 0 Å². The molecule has 1 fully saturated rings.